The second kappa shape index (κ2) is 7.15. The van der Waals surface area contributed by atoms with E-state index in [1.165, 1.54) is 11.3 Å². The summed E-state index contributed by atoms with van der Waals surface area (Å²) in [5.74, 6) is 0.671. The summed E-state index contributed by atoms with van der Waals surface area (Å²) >= 11 is 1.39. The van der Waals surface area contributed by atoms with Gasteiger partial charge in [0.2, 0.25) is 0 Å². The van der Waals surface area contributed by atoms with E-state index < -0.39 is 0 Å². The molecule has 25 heavy (non-hydrogen) atoms. The number of nitrogens with one attached hydrogen (secondary N) is 1. The predicted molar refractivity (Wildman–Crippen MR) is 96.6 cm³/mol. The number of hydrogen-bond acceptors (Lipinski definition) is 7. The molecule has 0 bridgehead atoms. The highest BCUT2D eigenvalue weighted by atomic mass is 32.1. The van der Waals surface area contributed by atoms with Crippen molar-refractivity contribution >= 4 is 17.2 Å². The third-order valence-corrected chi connectivity index (χ3v) is 6.01. The average molecular weight is 358 g/mol. The number of nitrogens with zero attached hydrogens (tertiary/aromatic N) is 5. The summed E-state index contributed by atoms with van der Waals surface area (Å²) in [7, 11) is 0. The van der Waals surface area contributed by atoms with Crippen LogP contribution in [0.25, 0.3) is 10.8 Å². The van der Waals surface area contributed by atoms with Gasteiger partial charge in [0, 0.05) is 57.7 Å². The highest BCUT2D eigenvalue weighted by Gasteiger charge is 2.32. The lowest BCUT2D eigenvalue weighted by atomic mass is 10.2. The number of likely N-dealkylation sites (tertiary alicyclic amines) is 1. The summed E-state index contributed by atoms with van der Waals surface area (Å²) in [5, 5.41) is 4.09. The Kier molecular flexibility index (Phi) is 4.74. The molecule has 2 aliphatic rings. The first-order valence-corrected chi connectivity index (χ1v) is 9.53. The van der Waals surface area contributed by atoms with E-state index in [1.54, 1.807) is 18.5 Å². The summed E-state index contributed by atoms with van der Waals surface area (Å²) in [6.07, 6.45) is 4.44. The Labute approximate surface area is 151 Å². The van der Waals surface area contributed by atoms with Crippen molar-refractivity contribution in [2.24, 2.45) is 0 Å². The van der Waals surface area contributed by atoms with Crippen LogP contribution in [0.15, 0.2) is 18.5 Å². The van der Waals surface area contributed by atoms with E-state index in [0.717, 1.165) is 51.4 Å². The Bertz CT molecular complexity index is 743. The lowest BCUT2D eigenvalue weighted by Crippen LogP contribution is -2.49. The molecule has 7 nitrogen and oxygen atoms in total. The van der Waals surface area contributed by atoms with Crippen LogP contribution in [0.2, 0.25) is 0 Å². The van der Waals surface area contributed by atoms with Crippen LogP contribution in [-0.4, -0.2) is 76.0 Å². The molecule has 0 aromatic carbocycles. The van der Waals surface area contributed by atoms with Crippen molar-refractivity contribution in [3.05, 3.63) is 29.0 Å². The number of rotatable bonds is 3. The monoisotopic (exact) mass is 358 g/mol. The van der Waals surface area contributed by atoms with Gasteiger partial charge in [-0.15, -0.1) is 11.3 Å². The third-order valence-electron chi connectivity index (χ3n) is 4.87. The molecule has 2 fully saturated rings. The maximum absolute atomic E-state index is 13.0. The predicted octanol–water partition coefficient (Wildman–Crippen LogP) is 1.03. The topological polar surface area (TPSA) is 74.2 Å². The summed E-state index contributed by atoms with van der Waals surface area (Å²) in [4.78, 5) is 31.1. The van der Waals surface area contributed by atoms with Crippen LogP contribution >= 0.6 is 11.3 Å². The molecule has 2 saturated heterocycles. The van der Waals surface area contributed by atoms with Crippen LogP contribution < -0.4 is 5.32 Å². The number of carbonyl (C=O) groups is 1. The minimum Gasteiger partial charge on any atom is -0.336 e. The Morgan fingerprint density at radius 2 is 2.00 bits per heavy atom. The molecule has 4 rings (SSSR count). The van der Waals surface area contributed by atoms with Crippen molar-refractivity contribution < 1.29 is 4.79 Å². The minimum atomic E-state index is 0.0924. The van der Waals surface area contributed by atoms with E-state index in [0.29, 0.717) is 21.8 Å². The second-order valence-electron chi connectivity index (χ2n) is 6.49. The van der Waals surface area contributed by atoms with E-state index in [2.05, 4.69) is 25.2 Å². The zero-order valence-corrected chi connectivity index (χ0v) is 15.1. The zero-order valence-electron chi connectivity index (χ0n) is 14.3. The first kappa shape index (κ1) is 16.6. The SMILES string of the molecule is Cc1nc(-c2ncccn2)sc1C(=O)N1CCC(N2CCNCC2)C1. The molecule has 0 saturated carbocycles. The molecular weight excluding hydrogens is 336 g/mol. The number of carbonyl (C=O) groups excluding carboxylic acids is 1. The van der Waals surface area contributed by atoms with Crippen molar-refractivity contribution in [1.29, 1.82) is 0 Å². The van der Waals surface area contributed by atoms with Gasteiger partial charge >= 0.3 is 0 Å². The summed E-state index contributed by atoms with van der Waals surface area (Å²) in [5.41, 5.74) is 0.767. The van der Waals surface area contributed by atoms with E-state index in [9.17, 15) is 4.79 Å². The van der Waals surface area contributed by atoms with Crippen LogP contribution in [-0.2, 0) is 0 Å². The summed E-state index contributed by atoms with van der Waals surface area (Å²) in [6.45, 7) is 7.75. The molecule has 1 atom stereocenters. The van der Waals surface area contributed by atoms with E-state index in [4.69, 9.17) is 0 Å². The van der Waals surface area contributed by atoms with Crippen LogP contribution in [0.1, 0.15) is 21.8 Å². The minimum absolute atomic E-state index is 0.0924. The van der Waals surface area contributed by atoms with Crippen molar-refractivity contribution in [2.45, 2.75) is 19.4 Å². The second-order valence-corrected chi connectivity index (χ2v) is 7.48. The van der Waals surface area contributed by atoms with E-state index >= 15 is 0 Å². The fraction of sp³-hybridized carbons (Fsp3) is 0.529. The summed E-state index contributed by atoms with van der Waals surface area (Å²) in [6, 6.07) is 2.26. The van der Waals surface area contributed by atoms with Gasteiger partial charge in [0.1, 0.15) is 4.88 Å². The molecule has 2 aromatic heterocycles. The molecule has 4 heterocycles. The van der Waals surface area contributed by atoms with Crippen molar-refractivity contribution in [2.75, 3.05) is 39.3 Å². The van der Waals surface area contributed by atoms with Crippen LogP contribution in [0.3, 0.4) is 0 Å². The molecule has 2 aromatic rings. The van der Waals surface area contributed by atoms with Gasteiger partial charge < -0.3 is 10.2 Å². The zero-order chi connectivity index (χ0) is 17.2. The van der Waals surface area contributed by atoms with Crippen molar-refractivity contribution in [1.82, 2.24) is 30.1 Å². The number of amides is 1. The molecule has 1 N–H and O–H groups in total. The van der Waals surface area contributed by atoms with Crippen molar-refractivity contribution in [3.63, 3.8) is 0 Å². The highest BCUT2D eigenvalue weighted by Crippen LogP contribution is 2.28. The lowest BCUT2D eigenvalue weighted by molar-refractivity contribution is 0.0777. The molecule has 0 radical (unpaired) electrons. The highest BCUT2D eigenvalue weighted by molar-refractivity contribution is 7.17. The average Bonchev–Trinajstić information content (AvgIpc) is 3.30. The van der Waals surface area contributed by atoms with Crippen LogP contribution in [0.5, 0.6) is 0 Å². The number of piperazine rings is 1. The Morgan fingerprint density at radius 3 is 2.76 bits per heavy atom. The first-order valence-electron chi connectivity index (χ1n) is 8.71. The Morgan fingerprint density at radius 1 is 1.24 bits per heavy atom. The molecular formula is C17H22N6OS. The fourth-order valence-corrected chi connectivity index (χ4v) is 4.50. The Balaban J connectivity index is 1.47. The van der Waals surface area contributed by atoms with Crippen LogP contribution in [0.4, 0.5) is 0 Å². The number of aromatic nitrogens is 3. The largest absolute Gasteiger partial charge is 0.336 e. The van der Waals surface area contributed by atoms with Gasteiger partial charge in [0.25, 0.3) is 5.91 Å². The summed E-state index contributed by atoms with van der Waals surface area (Å²) < 4.78 is 0. The third kappa shape index (κ3) is 3.42. The van der Waals surface area contributed by atoms with Crippen molar-refractivity contribution in [3.8, 4) is 10.8 Å². The van der Waals surface area contributed by atoms with Gasteiger partial charge in [-0.1, -0.05) is 0 Å². The van der Waals surface area contributed by atoms with Gasteiger partial charge in [0.15, 0.2) is 10.8 Å². The van der Waals surface area contributed by atoms with E-state index in [-0.39, 0.29) is 5.91 Å². The maximum atomic E-state index is 13.0. The number of thiazole rings is 1. The quantitative estimate of drug-likeness (QED) is 0.883. The molecule has 1 unspecified atom stereocenters. The molecule has 0 spiro atoms. The number of aryl methyl sites for hydroxylation is 1. The van der Waals surface area contributed by atoms with Gasteiger partial charge in [-0.2, -0.15) is 0 Å². The van der Waals surface area contributed by atoms with Crippen LogP contribution in [0, 0.1) is 6.92 Å². The fourth-order valence-electron chi connectivity index (χ4n) is 3.52. The number of hydrogen-bond donors (Lipinski definition) is 1. The van der Waals surface area contributed by atoms with Gasteiger partial charge in [0.05, 0.1) is 5.69 Å². The molecule has 8 heteroatoms. The van der Waals surface area contributed by atoms with Gasteiger partial charge in [-0.3, -0.25) is 9.69 Å². The standard InChI is InChI=1S/C17H22N6OS/c1-12-14(25-16(21-12)15-19-4-2-5-20-15)17(24)23-8-3-13(11-23)22-9-6-18-7-10-22/h2,4-5,13,18H,3,6-11H2,1H3. The van der Waals surface area contributed by atoms with Gasteiger partial charge in [-0.05, 0) is 19.4 Å². The van der Waals surface area contributed by atoms with Gasteiger partial charge in [-0.25, -0.2) is 15.0 Å². The first-order chi connectivity index (χ1) is 12.2. The molecule has 0 aliphatic carbocycles. The normalized spacial score (nSPS) is 21.6. The maximum Gasteiger partial charge on any atom is 0.265 e. The smallest absolute Gasteiger partial charge is 0.265 e. The lowest BCUT2D eigenvalue weighted by Gasteiger charge is -2.32. The van der Waals surface area contributed by atoms with E-state index in [1.807, 2.05) is 11.8 Å². The Hall–Kier alpha value is -1.90. The molecule has 132 valence electrons. The molecule has 1 amide bonds. The molecule has 2 aliphatic heterocycles.